The summed E-state index contributed by atoms with van der Waals surface area (Å²) in [4.78, 5) is 2.38. The van der Waals surface area contributed by atoms with Gasteiger partial charge in [0.1, 0.15) is 6.67 Å². The first-order valence-electron chi connectivity index (χ1n) is 6.72. The summed E-state index contributed by atoms with van der Waals surface area (Å²) in [6, 6.07) is 0.516. The summed E-state index contributed by atoms with van der Waals surface area (Å²) in [5, 5.41) is 3.75. The van der Waals surface area contributed by atoms with E-state index in [2.05, 4.69) is 24.1 Å². The van der Waals surface area contributed by atoms with E-state index in [0.29, 0.717) is 24.0 Å². The number of hydrogen-bond donors (Lipinski definition) is 1. The molecule has 1 atom stereocenters. The highest BCUT2D eigenvalue weighted by atomic mass is 19.1. The topological polar surface area (TPSA) is 15.3 Å². The highest BCUT2D eigenvalue weighted by molar-refractivity contribution is 5.01. The molecular formula is C13H25FN2. The molecule has 3 heteroatoms. The minimum Gasteiger partial charge on any atom is -0.308 e. The van der Waals surface area contributed by atoms with Gasteiger partial charge in [0, 0.05) is 31.2 Å². The van der Waals surface area contributed by atoms with Crippen LogP contribution in [0.5, 0.6) is 0 Å². The van der Waals surface area contributed by atoms with Crippen LogP contribution in [-0.4, -0.2) is 42.8 Å². The van der Waals surface area contributed by atoms with E-state index >= 15 is 0 Å². The molecule has 1 saturated carbocycles. The summed E-state index contributed by atoms with van der Waals surface area (Å²) in [7, 11) is 0. The Morgan fingerprint density at radius 1 is 1.38 bits per heavy atom. The van der Waals surface area contributed by atoms with Gasteiger partial charge in [0.15, 0.2) is 0 Å². The van der Waals surface area contributed by atoms with E-state index in [0.717, 1.165) is 13.1 Å². The van der Waals surface area contributed by atoms with Gasteiger partial charge in [0.2, 0.25) is 0 Å². The number of piperazine rings is 1. The molecule has 1 N–H and O–H groups in total. The van der Waals surface area contributed by atoms with Crippen LogP contribution in [0.2, 0.25) is 0 Å². The number of nitrogens with zero attached hydrogens (tertiary/aromatic N) is 1. The van der Waals surface area contributed by atoms with E-state index in [4.69, 9.17) is 0 Å². The van der Waals surface area contributed by atoms with Crippen LogP contribution in [0, 0.1) is 5.92 Å². The summed E-state index contributed by atoms with van der Waals surface area (Å²) in [5.41, 5.74) is 0.320. The maximum absolute atomic E-state index is 12.6. The van der Waals surface area contributed by atoms with Crippen molar-refractivity contribution >= 4 is 0 Å². The molecule has 2 nitrogen and oxygen atoms in total. The van der Waals surface area contributed by atoms with Crippen molar-refractivity contribution in [3.63, 3.8) is 0 Å². The van der Waals surface area contributed by atoms with E-state index in [-0.39, 0.29) is 6.67 Å². The zero-order valence-corrected chi connectivity index (χ0v) is 10.6. The van der Waals surface area contributed by atoms with E-state index in [1.165, 1.54) is 25.7 Å². The zero-order valence-electron chi connectivity index (χ0n) is 10.6. The van der Waals surface area contributed by atoms with E-state index in [9.17, 15) is 4.39 Å². The molecule has 1 aliphatic carbocycles. The standard InChI is InChI=1S/C13H25FN2/c1-11(2)12-9-15-13(5-3-4-6-13)10-16(12)8-7-14/h11-12,15H,3-10H2,1-2H3. The van der Waals surface area contributed by atoms with Crippen molar-refractivity contribution in [3.8, 4) is 0 Å². The molecule has 2 rings (SSSR count). The Morgan fingerprint density at radius 3 is 2.62 bits per heavy atom. The Kier molecular flexibility index (Phi) is 3.85. The van der Waals surface area contributed by atoms with Crippen LogP contribution in [0.1, 0.15) is 39.5 Å². The van der Waals surface area contributed by atoms with Crippen LogP contribution in [0.4, 0.5) is 4.39 Å². The van der Waals surface area contributed by atoms with Crippen molar-refractivity contribution in [1.82, 2.24) is 10.2 Å². The van der Waals surface area contributed by atoms with Gasteiger partial charge in [0.25, 0.3) is 0 Å². The van der Waals surface area contributed by atoms with Crippen LogP contribution in [0.3, 0.4) is 0 Å². The Bertz CT molecular complexity index is 224. The summed E-state index contributed by atoms with van der Waals surface area (Å²) < 4.78 is 12.6. The summed E-state index contributed by atoms with van der Waals surface area (Å²) in [5.74, 6) is 0.609. The smallest absolute Gasteiger partial charge is 0.102 e. The van der Waals surface area contributed by atoms with Gasteiger partial charge in [-0.15, -0.1) is 0 Å². The fraction of sp³-hybridized carbons (Fsp3) is 1.00. The molecule has 1 aliphatic heterocycles. The number of nitrogens with one attached hydrogen (secondary N) is 1. The van der Waals surface area contributed by atoms with Crippen molar-refractivity contribution in [3.05, 3.63) is 0 Å². The molecule has 0 radical (unpaired) electrons. The minimum atomic E-state index is -0.209. The second kappa shape index (κ2) is 5.01. The van der Waals surface area contributed by atoms with Gasteiger partial charge in [-0.05, 0) is 18.8 Å². The number of halogens is 1. The zero-order chi connectivity index (χ0) is 11.6. The summed E-state index contributed by atoms with van der Waals surface area (Å²) in [6.45, 7) is 6.98. The molecule has 0 aromatic heterocycles. The normalized spacial score (nSPS) is 30.4. The average molecular weight is 228 g/mol. The number of hydrogen-bond acceptors (Lipinski definition) is 2. The molecular weight excluding hydrogens is 203 g/mol. The highest BCUT2D eigenvalue weighted by Crippen LogP contribution is 2.34. The fourth-order valence-corrected chi connectivity index (χ4v) is 3.41. The molecule has 94 valence electrons. The van der Waals surface area contributed by atoms with Crippen molar-refractivity contribution in [1.29, 1.82) is 0 Å². The van der Waals surface area contributed by atoms with Crippen LogP contribution in [-0.2, 0) is 0 Å². The number of alkyl halides is 1. The van der Waals surface area contributed by atoms with Crippen molar-refractivity contribution in [2.24, 2.45) is 5.92 Å². The Morgan fingerprint density at radius 2 is 2.06 bits per heavy atom. The van der Waals surface area contributed by atoms with E-state index in [1.54, 1.807) is 0 Å². The SMILES string of the molecule is CC(C)C1CNC2(CCCC2)CN1CCF. The molecule has 0 bridgehead atoms. The number of rotatable bonds is 3. The Hall–Kier alpha value is -0.150. The van der Waals surface area contributed by atoms with Gasteiger partial charge in [0.05, 0.1) is 0 Å². The Labute approximate surface area is 98.6 Å². The molecule has 2 fully saturated rings. The van der Waals surface area contributed by atoms with Gasteiger partial charge in [-0.3, -0.25) is 4.90 Å². The lowest BCUT2D eigenvalue weighted by Gasteiger charge is -2.47. The predicted octanol–water partition coefficient (Wildman–Crippen LogP) is 2.20. The van der Waals surface area contributed by atoms with E-state index in [1.807, 2.05) is 0 Å². The molecule has 2 aliphatic rings. The first-order valence-corrected chi connectivity index (χ1v) is 6.72. The third-order valence-electron chi connectivity index (χ3n) is 4.36. The summed E-state index contributed by atoms with van der Waals surface area (Å²) in [6.07, 6.45) is 5.23. The average Bonchev–Trinajstić information content (AvgIpc) is 2.66. The third-order valence-corrected chi connectivity index (χ3v) is 4.36. The maximum Gasteiger partial charge on any atom is 0.102 e. The molecule has 1 spiro atoms. The second-order valence-electron chi connectivity index (χ2n) is 5.84. The highest BCUT2D eigenvalue weighted by Gasteiger charge is 2.41. The summed E-state index contributed by atoms with van der Waals surface area (Å²) >= 11 is 0. The molecule has 0 amide bonds. The van der Waals surface area contributed by atoms with Crippen molar-refractivity contribution in [2.45, 2.75) is 51.1 Å². The molecule has 0 aromatic rings. The first kappa shape index (κ1) is 12.3. The quantitative estimate of drug-likeness (QED) is 0.796. The molecule has 1 unspecified atom stereocenters. The van der Waals surface area contributed by atoms with Crippen molar-refractivity contribution < 1.29 is 4.39 Å². The molecule has 16 heavy (non-hydrogen) atoms. The largest absolute Gasteiger partial charge is 0.308 e. The van der Waals surface area contributed by atoms with Gasteiger partial charge >= 0.3 is 0 Å². The van der Waals surface area contributed by atoms with Gasteiger partial charge < -0.3 is 5.32 Å². The van der Waals surface area contributed by atoms with Crippen LogP contribution in [0.15, 0.2) is 0 Å². The van der Waals surface area contributed by atoms with E-state index < -0.39 is 0 Å². The lowest BCUT2D eigenvalue weighted by molar-refractivity contribution is 0.0524. The monoisotopic (exact) mass is 228 g/mol. The van der Waals surface area contributed by atoms with Gasteiger partial charge in [-0.2, -0.15) is 0 Å². The second-order valence-corrected chi connectivity index (χ2v) is 5.84. The maximum atomic E-state index is 12.6. The predicted molar refractivity (Wildman–Crippen MR) is 65.4 cm³/mol. The lowest BCUT2D eigenvalue weighted by Crippen LogP contribution is -2.64. The van der Waals surface area contributed by atoms with Crippen LogP contribution in [0.25, 0.3) is 0 Å². The lowest BCUT2D eigenvalue weighted by atomic mass is 9.89. The van der Waals surface area contributed by atoms with Gasteiger partial charge in [-0.1, -0.05) is 26.7 Å². The first-order chi connectivity index (χ1) is 7.67. The molecule has 1 heterocycles. The molecule has 0 aromatic carbocycles. The third kappa shape index (κ3) is 2.40. The molecule has 1 saturated heterocycles. The fourth-order valence-electron chi connectivity index (χ4n) is 3.41. The minimum absolute atomic E-state index is 0.209. The van der Waals surface area contributed by atoms with Crippen LogP contribution < -0.4 is 5.32 Å². The van der Waals surface area contributed by atoms with Crippen LogP contribution >= 0.6 is 0 Å². The van der Waals surface area contributed by atoms with Crippen molar-refractivity contribution in [2.75, 3.05) is 26.3 Å². The van der Waals surface area contributed by atoms with Gasteiger partial charge in [-0.25, -0.2) is 4.39 Å². The Balaban J connectivity index is 2.02.